The highest BCUT2D eigenvalue weighted by Gasteiger charge is 2.14. The second kappa shape index (κ2) is 7.64. The molecule has 28 heavy (non-hydrogen) atoms. The van der Waals surface area contributed by atoms with Gasteiger partial charge in [0.05, 0.1) is 11.8 Å². The summed E-state index contributed by atoms with van der Waals surface area (Å²) in [6.45, 7) is 4.36. The van der Waals surface area contributed by atoms with Crippen molar-refractivity contribution in [2.75, 3.05) is 0 Å². The second-order valence-corrected chi connectivity index (χ2v) is 7.67. The minimum Gasteiger partial charge on any atom is -0.463 e. The predicted octanol–water partition coefficient (Wildman–Crippen LogP) is 5.88. The molecular formula is C22H20BrN3O2. The van der Waals surface area contributed by atoms with Gasteiger partial charge in [0.25, 0.3) is 5.91 Å². The lowest BCUT2D eigenvalue weighted by Gasteiger charge is -2.12. The number of fused-ring (bicyclic) bond motifs is 2. The summed E-state index contributed by atoms with van der Waals surface area (Å²) in [6.07, 6.45) is 6.27. The summed E-state index contributed by atoms with van der Waals surface area (Å²) in [5.41, 5.74) is 5.85. The fourth-order valence-electron chi connectivity index (χ4n) is 3.29. The average molecular weight is 438 g/mol. The average Bonchev–Trinajstić information content (AvgIpc) is 3.29. The highest BCUT2D eigenvalue weighted by Crippen LogP contribution is 2.26. The van der Waals surface area contributed by atoms with Gasteiger partial charge >= 0.3 is 0 Å². The number of furan rings is 1. The number of hydrogen-bond donors (Lipinski definition) is 1. The number of rotatable bonds is 5. The van der Waals surface area contributed by atoms with Crippen molar-refractivity contribution in [1.29, 1.82) is 0 Å². The molecule has 0 saturated heterocycles. The number of carbonyl (C=O) groups is 1. The molecule has 0 unspecified atom stereocenters. The van der Waals surface area contributed by atoms with Gasteiger partial charge in [-0.05, 0) is 37.6 Å². The molecule has 0 aliphatic rings. The number of carbonyl (C=O) groups excluding carboxylic acids is 1. The molecule has 0 saturated carbocycles. The van der Waals surface area contributed by atoms with Crippen molar-refractivity contribution in [3.8, 4) is 0 Å². The van der Waals surface area contributed by atoms with E-state index in [2.05, 4.69) is 63.2 Å². The monoisotopic (exact) mass is 437 g/mol. The second-order valence-electron chi connectivity index (χ2n) is 6.76. The van der Waals surface area contributed by atoms with Gasteiger partial charge in [-0.3, -0.25) is 4.79 Å². The number of amides is 1. The van der Waals surface area contributed by atoms with Crippen LogP contribution in [0.1, 0.15) is 42.2 Å². The summed E-state index contributed by atoms with van der Waals surface area (Å²) in [4.78, 5) is 12.5. The van der Waals surface area contributed by atoms with Crippen LogP contribution in [0.15, 0.2) is 68.9 Å². The number of halogens is 1. The first-order valence-corrected chi connectivity index (χ1v) is 9.97. The Labute approximate surface area is 171 Å². The van der Waals surface area contributed by atoms with Crippen LogP contribution in [0.2, 0.25) is 0 Å². The van der Waals surface area contributed by atoms with Gasteiger partial charge in [0.1, 0.15) is 11.8 Å². The van der Waals surface area contributed by atoms with Gasteiger partial charge in [0.15, 0.2) is 0 Å². The lowest BCUT2D eigenvalue weighted by molar-refractivity contribution is 0.0956. The molecule has 142 valence electrons. The SMILES string of the molecule is CC[C@@H](C)n1cc(/C=N\NC(=O)c2coc3ccc(Br)cc23)c2ccccc21. The molecule has 2 aromatic carbocycles. The minimum atomic E-state index is -0.307. The van der Waals surface area contributed by atoms with Gasteiger partial charge in [-0.15, -0.1) is 0 Å². The third kappa shape index (κ3) is 3.36. The van der Waals surface area contributed by atoms with Gasteiger partial charge < -0.3 is 8.98 Å². The zero-order chi connectivity index (χ0) is 19.7. The Bertz CT molecular complexity index is 1190. The topological polar surface area (TPSA) is 59.5 Å². The number of hydrazone groups is 1. The molecule has 0 aliphatic heterocycles. The number of aromatic nitrogens is 1. The molecular weight excluding hydrogens is 418 g/mol. The van der Waals surface area contributed by atoms with E-state index >= 15 is 0 Å². The van der Waals surface area contributed by atoms with Crippen LogP contribution in [0.3, 0.4) is 0 Å². The Morgan fingerprint density at radius 2 is 2.11 bits per heavy atom. The van der Waals surface area contributed by atoms with Crippen LogP contribution in [-0.2, 0) is 0 Å². The molecule has 0 radical (unpaired) electrons. The van der Waals surface area contributed by atoms with E-state index in [1.54, 1.807) is 6.21 Å². The van der Waals surface area contributed by atoms with Crippen LogP contribution >= 0.6 is 15.9 Å². The summed E-state index contributed by atoms with van der Waals surface area (Å²) in [5.74, 6) is -0.307. The van der Waals surface area contributed by atoms with Crippen LogP contribution in [-0.4, -0.2) is 16.7 Å². The lowest BCUT2D eigenvalue weighted by atomic mass is 10.2. The van der Waals surface area contributed by atoms with E-state index < -0.39 is 0 Å². The van der Waals surface area contributed by atoms with Crippen molar-refractivity contribution < 1.29 is 9.21 Å². The number of para-hydroxylation sites is 1. The molecule has 1 atom stereocenters. The molecule has 4 rings (SSSR count). The predicted molar refractivity (Wildman–Crippen MR) is 116 cm³/mol. The number of hydrogen-bond acceptors (Lipinski definition) is 3. The Hall–Kier alpha value is -2.86. The molecule has 0 aliphatic carbocycles. The standard InChI is InChI=1S/C22H20BrN3O2/c1-3-14(2)26-12-15(17-6-4-5-7-20(17)26)11-24-25-22(27)19-13-28-21-9-8-16(23)10-18(19)21/h4-14H,3H2,1-2H3,(H,25,27)/b24-11-/t14-/m1/s1. The third-order valence-corrected chi connectivity index (χ3v) is 5.48. The molecule has 0 bridgehead atoms. The van der Waals surface area contributed by atoms with E-state index in [0.29, 0.717) is 17.2 Å². The highest BCUT2D eigenvalue weighted by atomic mass is 79.9. The van der Waals surface area contributed by atoms with Crippen molar-refractivity contribution in [3.05, 3.63) is 70.5 Å². The first kappa shape index (κ1) is 18.5. The molecule has 1 amide bonds. The summed E-state index contributed by atoms with van der Waals surface area (Å²) < 4.78 is 8.59. The van der Waals surface area contributed by atoms with E-state index in [0.717, 1.165) is 32.7 Å². The molecule has 1 N–H and O–H groups in total. The molecule has 5 nitrogen and oxygen atoms in total. The number of nitrogens with one attached hydrogen (secondary N) is 1. The Kier molecular flexibility index (Phi) is 5.05. The molecule has 2 heterocycles. The van der Waals surface area contributed by atoms with Crippen LogP contribution in [0.5, 0.6) is 0 Å². The van der Waals surface area contributed by atoms with E-state index in [-0.39, 0.29) is 5.91 Å². The van der Waals surface area contributed by atoms with E-state index in [1.165, 1.54) is 6.26 Å². The maximum atomic E-state index is 12.5. The van der Waals surface area contributed by atoms with Crippen LogP contribution in [0.25, 0.3) is 21.9 Å². The summed E-state index contributed by atoms with van der Waals surface area (Å²) in [5, 5.41) is 6.04. The van der Waals surface area contributed by atoms with Gasteiger partial charge in [-0.1, -0.05) is 41.1 Å². The molecule has 0 fully saturated rings. The molecule has 0 spiro atoms. The van der Waals surface area contributed by atoms with Gasteiger partial charge in [-0.25, -0.2) is 5.43 Å². The van der Waals surface area contributed by atoms with E-state index in [9.17, 15) is 4.79 Å². The highest BCUT2D eigenvalue weighted by molar-refractivity contribution is 9.10. The first-order valence-electron chi connectivity index (χ1n) is 9.18. The normalized spacial score (nSPS) is 12.8. The van der Waals surface area contributed by atoms with Crippen molar-refractivity contribution in [2.24, 2.45) is 5.10 Å². The maximum absolute atomic E-state index is 12.5. The summed E-state index contributed by atoms with van der Waals surface area (Å²) in [7, 11) is 0. The smallest absolute Gasteiger partial charge is 0.275 e. The van der Waals surface area contributed by atoms with Crippen molar-refractivity contribution >= 4 is 49.9 Å². The summed E-state index contributed by atoms with van der Waals surface area (Å²) in [6, 6.07) is 14.2. The molecule has 6 heteroatoms. The van der Waals surface area contributed by atoms with Gasteiger partial charge in [0, 0.05) is 38.6 Å². The van der Waals surface area contributed by atoms with Crippen LogP contribution in [0, 0.1) is 0 Å². The fourth-order valence-corrected chi connectivity index (χ4v) is 3.66. The first-order chi connectivity index (χ1) is 13.6. The fraction of sp³-hybridized carbons (Fsp3) is 0.182. The van der Waals surface area contributed by atoms with Gasteiger partial charge in [0.2, 0.25) is 0 Å². The zero-order valence-corrected chi connectivity index (χ0v) is 17.2. The number of nitrogens with zero attached hydrogens (tertiary/aromatic N) is 2. The van der Waals surface area contributed by atoms with Crippen LogP contribution in [0.4, 0.5) is 0 Å². The third-order valence-electron chi connectivity index (χ3n) is 4.99. The Balaban J connectivity index is 1.59. The zero-order valence-electron chi connectivity index (χ0n) is 15.6. The van der Waals surface area contributed by atoms with Crippen LogP contribution < -0.4 is 5.43 Å². The summed E-state index contributed by atoms with van der Waals surface area (Å²) >= 11 is 3.42. The largest absolute Gasteiger partial charge is 0.463 e. The van der Waals surface area contributed by atoms with Gasteiger partial charge in [-0.2, -0.15) is 5.10 Å². The number of benzene rings is 2. The minimum absolute atomic E-state index is 0.307. The Morgan fingerprint density at radius 1 is 1.29 bits per heavy atom. The maximum Gasteiger partial charge on any atom is 0.275 e. The van der Waals surface area contributed by atoms with Crippen molar-refractivity contribution in [3.63, 3.8) is 0 Å². The quantitative estimate of drug-likeness (QED) is 0.312. The van der Waals surface area contributed by atoms with E-state index in [4.69, 9.17) is 4.42 Å². The lowest BCUT2D eigenvalue weighted by Crippen LogP contribution is -2.17. The molecule has 4 aromatic rings. The van der Waals surface area contributed by atoms with Crippen molar-refractivity contribution in [1.82, 2.24) is 9.99 Å². The van der Waals surface area contributed by atoms with Crippen molar-refractivity contribution in [2.45, 2.75) is 26.3 Å². The Morgan fingerprint density at radius 3 is 2.93 bits per heavy atom. The van der Waals surface area contributed by atoms with E-state index in [1.807, 2.05) is 30.3 Å². The molecule has 2 aromatic heterocycles.